The van der Waals surface area contributed by atoms with Crippen LogP contribution < -0.4 is 64.6 Å². The van der Waals surface area contributed by atoms with E-state index in [2.05, 4.69) is 52.8 Å². The molecule has 0 saturated heterocycles. The van der Waals surface area contributed by atoms with Crippen LogP contribution in [0.3, 0.4) is 0 Å². The van der Waals surface area contributed by atoms with E-state index in [1.165, 1.54) is 27.7 Å². The molecule has 2 rings (SSSR count). The summed E-state index contributed by atoms with van der Waals surface area (Å²) in [5.74, 6) is -14.6. The van der Waals surface area contributed by atoms with Crippen LogP contribution in [0.25, 0.3) is 10.9 Å². The van der Waals surface area contributed by atoms with Gasteiger partial charge in [0.05, 0.1) is 50.7 Å². The number of aromatic amines is 1. The Morgan fingerprint density at radius 3 is 1.39 bits per heavy atom. The first-order valence-corrected chi connectivity index (χ1v) is 25.0. The number of carboxylic acids is 1. The van der Waals surface area contributed by atoms with E-state index < -0.39 is 188 Å². The Morgan fingerprint density at radius 1 is 0.519 bits per heavy atom. The van der Waals surface area contributed by atoms with Crippen molar-refractivity contribution in [3.05, 3.63) is 36.0 Å². The molecular weight excluding hydrogens is 1050 g/mol. The third kappa shape index (κ3) is 21.5. The van der Waals surface area contributed by atoms with E-state index in [9.17, 15) is 83.1 Å². The van der Waals surface area contributed by atoms with Crippen LogP contribution in [-0.2, 0) is 64.0 Å². The molecule has 79 heavy (non-hydrogen) atoms. The Kier molecular flexibility index (Phi) is 27.4. The predicted molar refractivity (Wildman–Crippen MR) is 276 cm³/mol. The molecule has 0 spiro atoms. The number of nitrogens with one attached hydrogen (secondary N) is 11. The van der Waals surface area contributed by atoms with E-state index in [-0.39, 0.29) is 12.8 Å². The fraction of sp³-hybridized carbons (Fsp3) is 0.583. The molecule has 0 aliphatic heterocycles. The van der Waals surface area contributed by atoms with Crippen molar-refractivity contribution in [1.82, 2.24) is 58.2 Å². The zero-order chi connectivity index (χ0) is 60.0. The van der Waals surface area contributed by atoms with E-state index in [0.29, 0.717) is 0 Å². The normalized spacial score (nSPS) is 15.8. The number of aliphatic carboxylic acids is 1. The van der Waals surface area contributed by atoms with Crippen molar-refractivity contribution in [3.8, 4) is 0 Å². The third-order valence-corrected chi connectivity index (χ3v) is 11.9. The summed E-state index contributed by atoms with van der Waals surface area (Å²) in [6, 6.07) is -7.35. The highest BCUT2D eigenvalue weighted by atomic mass is 16.4. The maximum atomic E-state index is 13.7. The highest BCUT2D eigenvalue weighted by Gasteiger charge is 2.38. The summed E-state index contributed by atoms with van der Waals surface area (Å²) in [6.45, 7) is 5.55. The Bertz CT molecular complexity index is 2480. The van der Waals surface area contributed by atoms with Crippen LogP contribution in [-0.4, -0.2) is 206 Å². The molecule has 0 bridgehead atoms. The molecule has 2 aromatic rings. The summed E-state index contributed by atoms with van der Waals surface area (Å²) in [6.07, 6.45) is -3.98. The number of para-hydroxylation sites is 1. The van der Waals surface area contributed by atoms with Crippen molar-refractivity contribution < 1.29 is 88.2 Å². The molecule has 0 fully saturated rings. The Balaban J connectivity index is 2.10. The Morgan fingerprint density at radius 2 is 0.937 bits per heavy atom. The molecule has 12 atom stereocenters. The van der Waals surface area contributed by atoms with Crippen LogP contribution in [0.4, 0.5) is 0 Å². The highest BCUT2D eigenvalue weighted by molar-refractivity contribution is 5.99. The van der Waals surface area contributed by atoms with E-state index >= 15 is 0 Å². The second-order valence-corrected chi connectivity index (χ2v) is 19.3. The van der Waals surface area contributed by atoms with Crippen LogP contribution in [0.5, 0.6) is 0 Å². The summed E-state index contributed by atoms with van der Waals surface area (Å²) in [5.41, 5.74) is 12.9. The van der Waals surface area contributed by atoms with Crippen molar-refractivity contribution in [2.75, 3.05) is 26.3 Å². The molecule has 1 aromatic heterocycles. The number of carbonyl (C=O) groups is 12. The third-order valence-electron chi connectivity index (χ3n) is 11.9. The number of carbonyl (C=O) groups excluding carboxylic acids is 11. The molecule has 0 aliphatic carbocycles. The van der Waals surface area contributed by atoms with Gasteiger partial charge in [-0.05, 0) is 57.1 Å². The monoisotopic (exact) mass is 1120 g/mol. The van der Waals surface area contributed by atoms with Gasteiger partial charge in [0.15, 0.2) is 0 Å². The van der Waals surface area contributed by atoms with Crippen LogP contribution in [0.2, 0.25) is 0 Å². The lowest BCUT2D eigenvalue weighted by Crippen LogP contribution is -2.64. The molecular formula is C48H75N13O18. The lowest BCUT2D eigenvalue weighted by molar-refractivity contribution is -0.143. The van der Waals surface area contributed by atoms with Gasteiger partial charge in [0.1, 0.15) is 48.3 Å². The van der Waals surface area contributed by atoms with E-state index in [1.807, 2.05) is 29.6 Å². The molecule has 1 aromatic carbocycles. The van der Waals surface area contributed by atoms with Gasteiger partial charge in [0.2, 0.25) is 65.0 Å². The number of benzene rings is 1. The lowest BCUT2D eigenvalue weighted by atomic mass is 10.00. The number of primary amides is 1. The quantitative estimate of drug-likeness (QED) is 0.0316. The van der Waals surface area contributed by atoms with Crippen LogP contribution in [0, 0.1) is 11.8 Å². The molecule has 31 heteroatoms. The molecule has 0 unspecified atom stereocenters. The van der Waals surface area contributed by atoms with Crippen molar-refractivity contribution in [2.24, 2.45) is 23.3 Å². The molecule has 21 N–H and O–H groups in total. The maximum Gasteiger partial charge on any atom is 0.328 e. The van der Waals surface area contributed by atoms with Gasteiger partial charge in [0.25, 0.3) is 0 Å². The van der Waals surface area contributed by atoms with E-state index in [1.54, 1.807) is 6.20 Å². The fourth-order valence-corrected chi connectivity index (χ4v) is 7.42. The van der Waals surface area contributed by atoms with Crippen molar-refractivity contribution >= 4 is 81.9 Å². The van der Waals surface area contributed by atoms with Gasteiger partial charge in [-0.1, -0.05) is 45.9 Å². The van der Waals surface area contributed by atoms with E-state index in [0.717, 1.165) is 37.2 Å². The number of amides is 11. The molecule has 0 saturated carbocycles. The highest BCUT2D eigenvalue weighted by Crippen LogP contribution is 2.19. The largest absolute Gasteiger partial charge is 0.480 e. The first kappa shape index (κ1) is 67.3. The Labute approximate surface area is 453 Å². The first-order valence-electron chi connectivity index (χ1n) is 25.0. The number of aliphatic hydroxyl groups is 5. The molecule has 440 valence electrons. The number of hydrogen-bond acceptors (Lipinski definition) is 18. The predicted octanol–water partition coefficient (Wildman–Crippen LogP) is -8.06. The second-order valence-electron chi connectivity index (χ2n) is 19.3. The SMILES string of the molecule is CC(C)[C@H](NC(=O)[C@@H](NC(=O)[C@@H](NC(=O)[C@@H](NC(=O)[C@@H](NC(=O)CNC(=O)[C@H](CCC(N)=O)NC(=O)CNC(=O)[C@@H](N)Cc1c[nH]c2ccccc12)[C@@H](C)O)[C@@H](C)O)C(C)C)[C@@H](C)O)C(=O)N[C@@H](CO)C(=O)N[C@@H](CO)C(=O)O. The van der Waals surface area contributed by atoms with E-state index in [4.69, 9.17) is 16.6 Å². The topological polar surface area (TPSA) is 514 Å². The molecule has 11 amide bonds. The van der Waals surface area contributed by atoms with Crippen molar-refractivity contribution in [1.29, 1.82) is 0 Å². The minimum Gasteiger partial charge on any atom is -0.480 e. The number of H-pyrrole nitrogens is 1. The summed E-state index contributed by atoms with van der Waals surface area (Å²) >= 11 is 0. The number of nitrogens with two attached hydrogens (primary N) is 2. The zero-order valence-electron chi connectivity index (χ0n) is 44.7. The summed E-state index contributed by atoms with van der Waals surface area (Å²) < 4.78 is 0. The van der Waals surface area contributed by atoms with Gasteiger partial charge in [-0.2, -0.15) is 0 Å². The number of aromatic nitrogens is 1. The lowest BCUT2D eigenvalue weighted by Gasteiger charge is -2.31. The minimum atomic E-state index is -1.89. The average Bonchev–Trinajstić information content (AvgIpc) is 3.78. The summed E-state index contributed by atoms with van der Waals surface area (Å²) in [4.78, 5) is 158. The van der Waals surface area contributed by atoms with Gasteiger partial charge < -0.3 is 100 Å². The zero-order valence-corrected chi connectivity index (χ0v) is 44.7. The molecule has 1 heterocycles. The number of rotatable bonds is 33. The molecule has 0 radical (unpaired) electrons. The standard InChI is InChI=1S/C48H75N13O18/c1-20(2)35(43(73)55-30(18-62)42(72)56-31(19-63)48(78)79)58-46(76)38(23(6)65)60-44(74)36(21(3)4)59-47(77)39(24(7)66)61-45(75)37(22(5)64)57-34(69)17-53-41(71)29(12-13-32(50)67)54-33(68)16-52-40(70)27(49)14-25-15-51-28-11-9-8-10-26(25)28/h8-11,15,20-24,27,29-31,35-39,51,62-66H,12-14,16-19,49H2,1-7H3,(H2,50,67)(H,52,70)(H,53,71)(H,54,68)(H,55,73)(H,56,72)(H,57,69)(H,58,76)(H,59,77)(H,60,74)(H,61,75)(H,78,79)/t22-,23-,24-,27+,29+,30+,31+,35+,36+,37+,38+,39+/m1/s1. The maximum absolute atomic E-state index is 13.7. The van der Waals surface area contributed by atoms with Crippen molar-refractivity contribution in [3.63, 3.8) is 0 Å². The second kappa shape index (κ2) is 32.2. The Hall–Kier alpha value is -7.84. The van der Waals surface area contributed by atoms with Gasteiger partial charge in [-0.25, -0.2) is 4.79 Å². The van der Waals surface area contributed by atoms with Crippen LogP contribution in [0.15, 0.2) is 30.5 Å². The number of fused-ring (bicyclic) bond motifs is 1. The minimum absolute atomic E-state index is 0.125. The number of hydrogen-bond donors (Lipinski definition) is 19. The molecule has 31 nitrogen and oxygen atoms in total. The van der Waals surface area contributed by atoms with Crippen molar-refractivity contribution in [2.45, 2.75) is 140 Å². The first-order chi connectivity index (χ1) is 36.9. The smallest absolute Gasteiger partial charge is 0.328 e. The number of aliphatic hydroxyl groups excluding tert-OH is 5. The van der Waals surface area contributed by atoms with Gasteiger partial charge >= 0.3 is 5.97 Å². The average molecular weight is 1120 g/mol. The summed E-state index contributed by atoms with van der Waals surface area (Å²) in [7, 11) is 0. The van der Waals surface area contributed by atoms with Gasteiger partial charge in [-0.3, -0.25) is 52.7 Å². The van der Waals surface area contributed by atoms with Crippen LogP contribution in [0.1, 0.15) is 66.9 Å². The van der Waals surface area contributed by atoms with Crippen LogP contribution >= 0.6 is 0 Å². The van der Waals surface area contributed by atoms with Gasteiger partial charge in [-0.15, -0.1) is 0 Å². The summed E-state index contributed by atoms with van der Waals surface area (Å²) in [5, 5.41) is 83.0. The molecule has 0 aliphatic rings. The fourth-order valence-electron chi connectivity index (χ4n) is 7.42. The number of carboxylic acid groups (broad SMARTS) is 1. The van der Waals surface area contributed by atoms with Gasteiger partial charge in [0, 0.05) is 23.5 Å².